The van der Waals surface area contributed by atoms with Crippen LogP contribution >= 0.6 is 0 Å². The standard InChI is InChI=1S/C17H23NO/c1-14(12-15-8-4-2-5-9-15)13-17(19)18-16-10-6-3-7-11-16/h2,4-5,8-9,12,16H,3,6-7,10-11,13H2,1H3,(H,18,19). The van der Waals surface area contributed by atoms with E-state index in [2.05, 4.69) is 23.5 Å². The van der Waals surface area contributed by atoms with Crippen molar-refractivity contribution in [2.75, 3.05) is 0 Å². The third-order valence-corrected chi connectivity index (χ3v) is 3.62. The molecule has 2 heteroatoms. The molecule has 2 rings (SSSR count). The Morgan fingerprint density at radius 1 is 1.21 bits per heavy atom. The highest BCUT2D eigenvalue weighted by atomic mass is 16.1. The fraction of sp³-hybridized carbons (Fsp3) is 0.471. The maximum absolute atomic E-state index is 12.0. The van der Waals surface area contributed by atoms with E-state index in [0.717, 1.165) is 24.0 Å². The SMILES string of the molecule is CC(=Cc1ccccc1)CC(=O)NC1CCCCC1. The van der Waals surface area contributed by atoms with Crippen molar-refractivity contribution >= 4 is 12.0 Å². The van der Waals surface area contributed by atoms with Gasteiger partial charge in [-0.2, -0.15) is 0 Å². The molecular weight excluding hydrogens is 234 g/mol. The van der Waals surface area contributed by atoms with Crippen molar-refractivity contribution in [3.63, 3.8) is 0 Å². The molecular formula is C17H23NO. The quantitative estimate of drug-likeness (QED) is 0.870. The third-order valence-electron chi connectivity index (χ3n) is 3.62. The summed E-state index contributed by atoms with van der Waals surface area (Å²) in [5.74, 6) is 0.164. The zero-order valence-electron chi connectivity index (χ0n) is 11.7. The van der Waals surface area contributed by atoms with Crippen LogP contribution in [0.15, 0.2) is 35.9 Å². The van der Waals surface area contributed by atoms with Crippen LogP contribution in [0.5, 0.6) is 0 Å². The first-order chi connectivity index (χ1) is 9.24. The highest BCUT2D eigenvalue weighted by Crippen LogP contribution is 2.18. The maximum atomic E-state index is 12.0. The van der Waals surface area contributed by atoms with Crippen LogP contribution in [-0.4, -0.2) is 11.9 Å². The summed E-state index contributed by atoms with van der Waals surface area (Å²) < 4.78 is 0. The molecule has 19 heavy (non-hydrogen) atoms. The molecule has 1 N–H and O–H groups in total. The molecule has 1 aromatic carbocycles. The predicted octanol–water partition coefficient (Wildman–Crippen LogP) is 3.93. The van der Waals surface area contributed by atoms with Gasteiger partial charge in [-0.05, 0) is 25.3 Å². The summed E-state index contributed by atoms with van der Waals surface area (Å²) in [6, 6.07) is 10.6. The van der Waals surface area contributed by atoms with Crippen LogP contribution in [0.3, 0.4) is 0 Å². The lowest BCUT2D eigenvalue weighted by Crippen LogP contribution is -2.36. The number of amides is 1. The lowest BCUT2D eigenvalue weighted by Gasteiger charge is -2.22. The van der Waals surface area contributed by atoms with Gasteiger partial charge < -0.3 is 5.32 Å². The van der Waals surface area contributed by atoms with Crippen LogP contribution in [0.4, 0.5) is 0 Å². The van der Waals surface area contributed by atoms with Gasteiger partial charge in [0.1, 0.15) is 0 Å². The van der Waals surface area contributed by atoms with E-state index < -0.39 is 0 Å². The molecule has 1 aliphatic rings. The van der Waals surface area contributed by atoms with Crippen molar-refractivity contribution < 1.29 is 4.79 Å². The third kappa shape index (κ3) is 4.90. The molecule has 102 valence electrons. The van der Waals surface area contributed by atoms with Crippen LogP contribution in [-0.2, 0) is 4.79 Å². The Bertz CT molecular complexity index is 430. The summed E-state index contributed by atoms with van der Waals surface area (Å²) in [6.45, 7) is 2.02. The summed E-state index contributed by atoms with van der Waals surface area (Å²) >= 11 is 0. The normalized spacial score (nSPS) is 17.2. The molecule has 1 amide bonds. The number of hydrogen-bond donors (Lipinski definition) is 1. The summed E-state index contributed by atoms with van der Waals surface area (Å²) in [6.07, 6.45) is 8.71. The molecule has 0 atom stereocenters. The minimum absolute atomic E-state index is 0.164. The number of nitrogens with one attached hydrogen (secondary N) is 1. The minimum Gasteiger partial charge on any atom is -0.353 e. The Labute approximate surface area is 115 Å². The van der Waals surface area contributed by atoms with Gasteiger partial charge >= 0.3 is 0 Å². The molecule has 0 radical (unpaired) electrons. The van der Waals surface area contributed by atoms with Crippen LogP contribution in [0, 0.1) is 0 Å². The molecule has 1 fully saturated rings. The van der Waals surface area contributed by atoms with Crippen molar-refractivity contribution in [2.24, 2.45) is 0 Å². The topological polar surface area (TPSA) is 29.1 Å². The fourth-order valence-corrected chi connectivity index (χ4v) is 2.66. The van der Waals surface area contributed by atoms with E-state index in [1.165, 1.54) is 19.3 Å². The van der Waals surface area contributed by atoms with Gasteiger partial charge in [-0.15, -0.1) is 0 Å². The molecule has 0 saturated heterocycles. The summed E-state index contributed by atoms with van der Waals surface area (Å²) in [5, 5.41) is 3.16. The summed E-state index contributed by atoms with van der Waals surface area (Å²) in [7, 11) is 0. The Hall–Kier alpha value is -1.57. The lowest BCUT2D eigenvalue weighted by atomic mass is 9.95. The molecule has 0 bridgehead atoms. The van der Waals surface area contributed by atoms with E-state index in [4.69, 9.17) is 0 Å². The molecule has 1 saturated carbocycles. The van der Waals surface area contributed by atoms with Crippen LogP contribution in [0.2, 0.25) is 0 Å². The molecule has 0 heterocycles. The van der Waals surface area contributed by atoms with Crippen molar-refractivity contribution in [1.29, 1.82) is 0 Å². The largest absolute Gasteiger partial charge is 0.353 e. The lowest BCUT2D eigenvalue weighted by molar-refractivity contribution is -0.121. The number of hydrogen-bond acceptors (Lipinski definition) is 1. The van der Waals surface area contributed by atoms with Crippen molar-refractivity contribution in [3.8, 4) is 0 Å². The van der Waals surface area contributed by atoms with E-state index >= 15 is 0 Å². The van der Waals surface area contributed by atoms with Gasteiger partial charge in [0.2, 0.25) is 5.91 Å². The highest BCUT2D eigenvalue weighted by molar-refractivity contribution is 5.80. The average molecular weight is 257 g/mol. The first-order valence-corrected chi connectivity index (χ1v) is 7.25. The molecule has 0 spiro atoms. The Balaban J connectivity index is 1.82. The zero-order chi connectivity index (χ0) is 13.5. The van der Waals surface area contributed by atoms with Gasteiger partial charge in [-0.1, -0.05) is 61.2 Å². The second-order valence-electron chi connectivity index (χ2n) is 5.48. The molecule has 0 unspecified atom stereocenters. The van der Waals surface area contributed by atoms with Gasteiger partial charge in [0, 0.05) is 12.5 Å². The number of benzene rings is 1. The smallest absolute Gasteiger partial charge is 0.224 e. The first kappa shape index (κ1) is 13.9. The first-order valence-electron chi connectivity index (χ1n) is 7.25. The molecule has 0 aliphatic heterocycles. The van der Waals surface area contributed by atoms with E-state index in [-0.39, 0.29) is 5.91 Å². The van der Waals surface area contributed by atoms with Gasteiger partial charge in [-0.25, -0.2) is 0 Å². The van der Waals surface area contributed by atoms with Crippen LogP contribution in [0.25, 0.3) is 6.08 Å². The highest BCUT2D eigenvalue weighted by Gasteiger charge is 2.15. The number of carbonyl (C=O) groups excluding carboxylic acids is 1. The van der Waals surface area contributed by atoms with Crippen molar-refractivity contribution in [2.45, 2.75) is 51.5 Å². The number of rotatable bonds is 4. The Kier molecular flexibility index (Phi) is 5.20. The monoisotopic (exact) mass is 257 g/mol. The average Bonchev–Trinajstić information content (AvgIpc) is 2.40. The van der Waals surface area contributed by atoms with E-state index in [1.54, 1.807) is 0 Å². The Morgan fingerprint density at radius 3 is 2.58 bits per heavy atom. The van der Waals surface area contributed by atoms with E-state index in [0.29, 0.717) is 12.5 Å². The molecule has 0 aromatic heterocycles. The second-order valence-corrected chi connectivity index (χ2v) is 5.48. The zero-order valence-corrected chi connectivity index (χ0v) is 11.7. The fourth-order valence-electron chi connectivity index (χ4n) is 2.66. The second kappa shape index (κ2) is 7.13. The maximum Gasteiger partial charge on any atom is 0.224 e. The minimum atomic E-state index is 0.164. The van der Waals surface area contributed by atoms with Crippen molar-refractivity contribution in [3.05, 3.63) is 41.5 Å². The van der Waals surface area contributed by atoms with Gasteiger partial charge in [0.25, 0.3) is 0 Å². The summed E-state index contributed by atoms with van der Waals surface area (Å²) in [4.78, 5) is 12.0. The molecule has 2 nitrogen and oxygen atoms in total. The summed E-state index contributed by atoms with van der Waals surface area (Å²) in [5.41, 5.74) is 2.27. The van der Waals surface area contributed by atoms with Crippen molar-refractivity contribution in [1.82, 2.24) is 5.32 Å². The molecule has 1 aromatic rings. The van der Waals surface area contributed by atoms with Crippen LogP contribution in [0.1, 0.15) is 51.0 Å². The molecule has 1 aliphatic carbocycles. The number of carbonyl (C=O) groups is 1. The van der Waals surface area contributed by atoms with E-state index in [9.17, 15) is 4.79 Å². The Morgan fingerprint density at radius 2 is 1.89 bits per heavy atom. The van der Waals surface area contributed by atoms with E-state index in [1.807, 2.05) is 25.1 Å². The van der Waals surface area contributed by atoms with Crippen LogP contribution < -0.4 is 5.32 Å². The van der Waals surface area contributed by atoms with Gasteiger partial charge in [-0.3, -0.25) is 4.79 Å². The van der Waals surface area contributed by atoms with Gasteiger partial charge in [0.05, 0.1) is 0 Å². The van der Waals surface area contributed by atoms with Gasteiger partial charge in [0.15, 0.2) is 0 Å². The predicted molar refractivity (Wildman–Crippen MR) is 79.7 cm³/mol.